The average Bonchev–Trinajstić information content (AvgIpc) is 2.39. The lowest BCUT2D eigenvalue weighted by Gasteiger charge is -2.36. The van der Waals surface area contributed by atoms with Crippen molar-refractivity contribution in [1.29, 1.82) is 0 Å². The first kappa shape index (κ1) is 13.1. The van der Waals surface area contributed by atoms with Gasteiger partial charge in [-0.1, -0.05) is 0 Å². The highest BCUT2D eigenvalue weighted by Crippen LogP contribution is 2.19. The van der Waals surface area contributed by atoms with Gasteiger partial charge in [-0.15, -0.1) is 0 Å². The van der Waals surface area contributed by atoms with Gasteiger partial charge in [0.2, 0.25) is 11.8 Å². The molecule has 1 aliphatic heterocycles. The molecule has 1 aromatic heterocycles. The van der Waals surface area contributed by atoms with Crippen LogP contribution < -0.4 is 9.64 Å². The minimum absolute atomic E-state index is 0.582. The third kappa shape index (κ3) is 3.10. The lowest BCUT2D eigenvalue weighted by molar-refractivity contribution is 0.256. The third-order valence-electron chi connectivity index (χ3n) is 3.32. The fraction of sp³-hybridized carbons (Fsp3) is 0.692. The molecule has 0 bridgehead atoms. The second kappa shape index (κ2) is 6.00. The summed E-state index contributed by atoms with van der Waals surface area (Å²) in [5.74, 6) is 1.45. The van der Waals surface area contributed by atoms with Crippen molar-refractivity contribution in [3.8, 4) is 5.88 Å². The SMILES string of the molecule is CCOc1ccnc(N2CCCC(N(C)C)C2)n1. The van der Waals surface area contributed by atoms with E-state index in [1.54, 1.807) is 12.3 Å². The van der Waals surface area contributed by atoms with E-state index in [0.29, 0.717) is 18.5 Å². The Labute approximate surface area is 109 Å². The number of likely N-dealkylation sites (N-methyl/N-ethyl adjacent to an activating group) is 1. The average molecular weight is 250 g/mol. The van der Waals surface area contributed by atoms with E-state index in [9.17, 15) is 0 Å². The van der Waals surface area contributed by atoms with E-state index in [1.807, 2.05) is 6.92 Å². The summed E-state index contributed by atoms with van der Waals surface area (Å²) in [6.07, 6.45) is 4.20. The fourth-order valence-electron chi connectivity index (χ4n) is 2.27. The van der Waals surface area contributed by atoms with Gasteiger partial charge in [0.05, 0.1) is 6.61 Å². The lowest BCUT2D eigenvalue weighted by Crippen LogP contribution is -2.45. The summed E-state index contributed by atoms with van der Waals surface area (Å²) in [6, 6.07) is 2.39. The molecule has 2 heterocycles. The van der Waals surface area contributed by atoms with Crippen LogP contribution in [0, 0.1) is 0 Å². The van der Waals surface area contributed by atoms with Gasteiger partial charge in [-0.05, 0) is 33.9 Å². The number of rotatable bonds is 4. The minimum atomic E-state index is 0.582. The molecule has 1 aliphatic rings. The van der Waals surface area contributed by atoms with Crippen molar-refractivity contribution in [2.45, 2.75) is 25.8 Å². The van der Waals surface area contributed by atoms with Crippen LogP contribution in [0.3, 0.4) is 0 Å². The van der Waals surface area contributed by atoms with Gasteiger partial charge in [0.25, 0.3) is 0 Å². The van der Waals surface area contributed by atoms with Crippen molar-refractivity contribution in [1.82, 2.24) is 14.9 Å². The van der Waals surface area contributed by atoms with Crippen LogP contribution in [0.25, 0.3) is 0 Å². The molecule has 1 aromatic rings. The van der Waals surface area contributed by atoms with Gasteiger partial charge in [-0.3, -0.25) is 0 Å². The first-order valence-corrected chi connectivity index (χ1v) is 6.58. The summed E-state index contributed by atoms with van der Waals surface area (Å²) < 4.78 is 5.42. The van der Waals surface area contributed by atoms with Crippen molar-refractivity contribution in [2.24, 2.45) is 0 Å². The summed E-state index contributed by atoms with van der Waals surface area (Å²) in [6.45, 7) is 4.62. The Hall–Kier alpha value is -1.36. The molecule has 0 aromatic carbocycles. The van der Waals surface area contributed by atoms with E-state index in [0.717, 1.165) is 19.0 Å². The van der Waals surface area contributed by atoms with E-state index in [1.165, 1.54) is 12.8 Å². The van der Waals surface area contributed by atoms with E-state index in [4.69, 9.17) is 4.74 Å². The van der Waals surface area contributed by atoms with Crippen LogP contribution in [0.1, 0.15) is 19.8 Å². The van der Waals surface area contributed by atoms with Gasteiger partial charge in [0, 0.05) is 31.4 Å². The Morgan fingerprint density at radius 2 is 2.33 bits per heavy atom. The maximum Gasteiger partial charge on any atom is 0.228 e. The van der Waals surface area contributed by atoms with Gasteiger partial charge >= 0.3 is 0 Å². The number of aromatic nitrogens is 2. The van der Waals surface area contributed by atoms with Crippen LogP contribution in [-0.4, -0.2) is 54.7 Å². The van der Waals surface area contributed by atoms with Gasteiger partial charge in [0.15, 0.2) is 0 Å². The molecule has 0 N–H and O–H groups in total. The Morgan fingerprint density at radius 1 is 1.50 bits per heavy atom. The van der Waals surface area contributed by atoms with E-state index in [-0.39, 0.29) is 0 Å². The smallest absolute Gasteiger partial charge is 0.228 e. The third-order valence-corrected chi connectivity index (χ3v) is 3.32. The van der Waals surface area contributed by atoms with Crippen LogP contribution in [0.4, 0.5) is 5.95 Å². The standard InChI is InChI=1S/C13H22N4O/c1-4-18-12-7-8-14-13(15-12)17-9-5-6-11(10-17)16(2)3/h7-8,11H,4-6,9-10H2,1-3H3. The first-order valence-electron chi connectivity index (χ1n) is 6.58. The first-order chi connectivity index (χ1) is 8.70. The molecule has 0 radical (unpaired) electrons. The Morgan fingerprint density at radius 3 is 3.06 bits per heavy atom. The molecule has 1 unspecified atom stereocenters. The number of hydrogen-bond acceptors (Lipinski definition) is 5. The van der Waals surface area contributed by atoms with Crippen molar-refractivity contribution in [3.05, 3.63) is 12.3 Å². The topological polar surface area (TPSA) is 41.5 Å². The molecule has 0 saturated carbocycles. The molecule has 0 aliphatic carbocycles. The Balaban J connectivity index is 2.08. The van der Waals surface area contributed by atoms with Gasteiger partial charge in [-0.2, -0.15) is 4.98 Å². The minimum Gasteiger partial charge on any atom is -0.478 e. The van der Waals surface area contributed by atoms with Gasteiger partial charge in [0.1, 0.15) is 0 Å². The van der Waals surface area contributed by atoms with Crippen molar-refractivity contribution >= 4 is 5.95 Å². The lowest BCUT2D eigenvalue weighted by atomic mass is 10.1. The van der Waals surface area contributed by atoms with Crippen molar-refractivity contribution in [3.63, 3.8) is 0 Å². The monoisotopic (exact) mass is 250 g/mol. The number of piperidine rings is 1. The summed E-state index contributed by atoms with van der Waals surface area (Å²) in [4.78, 5) is 13.3. The highest BCUT2D eigenvalue weighted by Gasteiger charge is 2.23. The number of ether oxygens (including phenoxy) is 1. The van der Waals surface area contributed by atoms with Crippen LogP contribution in [0.15, 0.2) is 12.3 Å². The normalized spacial score (nSPS) is 20.2. The number of nitrogens with zero attached hydrogens (tertiary/aromatic N) is 4. The van der Waals surface area contributed by atoms with E-state index < -0.39 is 0 Å². The number of anilines is 1. The predicted molar refractivity (Wildman–Crippen MR) is 72.1 cm³/mol. The zero-order chi connectivity index (χ0) is 13.0. The summed E-state index contributed by atoms with van der Waals surface area (Å²) >= 11 is 0. The predicted octanol–water partition coefficient (Wildman–Crippen LogP) is 1.41. The highest BCUT2D eigenvalue weighted by molar-refractivity contribution is 5.33. The van der Waals surface area contributed by atoms with Crippen molar-refractivity contribution < 1.29 is 4.74 Å². The number of hydrogen-bond donors (Lipinski definition) is 0. The zero-order valence-electron chi connectivity index (χ0n) is 11.5. The van der Waals surface area contributed by atoms with Crippen LogP contribution in [0.5, 0.6) is 5.88 Å². The van der Waals surface area contributed by atoms with Crippen LogP contribution >= 0.6 is 0 Å². The largest absolute Gasteiger partial charge is 0.478 e. The molecule has 100 valence electrons. The zero-order valence-corrected chi connectivity index (χ0v) is 11.5. The molecule has 1 atom stereocenters. The molecular weight excluding hydrogens is 228 g/mol. The molecule has 5 nitrogen and oxygen atoms in total. The van der Waals surface area contributed by atoms with E-state index >= 15 is 0 Å². The van der Waals surface area contributed by atoms with Gasteiger partial charge in [-0.25, -0.2) is 4.98 Å². The molecule has 0 spiro atoms. The van der Waals surface area contributed by atoms with E-state index in [2.05, 4.69) is 33.9 Å². The Bertz CT molecular complexity index is 383. The van der Waals surface area contributed by atoms with Crippen molar-refractivity contribution in [2.75, 3.05) is 38.7 Å². The molecular formula is C13H22N4O. The maximum absolute atomic E-state index is 5.42. The van der Waals surface area contributed by atoms with Crippen LogP contribution in [-0.2, 0) is 0 Å². The van der Waals surface area contributed by atoms with Gasteiger partial charge < -0.3 is 14.5 Å². The molecule has 1 fully saturated rings. The van der Waals surface area contributed by atoms with Crippen LogP contribution in [0.2, 0.25) is 0 Å². The summed E-state index contributed by atoms with van der Waals surface area (Å²) in [5, 5.41) is 0. The molecule has 1 saturated heterocycles. The molecule has 18 heavy (non-hydrogen) atoms. The fourth-order valence-corrected chi connectivity index (χ4v) is 2.27. The second-order valence-electron chi connectivity index (χ2n) is 4.83. The maximum atomic E-state index is 5.42. The quantitative estimate of drug-likeness (QED) is 0.808. The molecule has 5 heteroatoms. The molecule has 2 rings (SSSR count). The molecule has 0 amide bonds. The summed E-state index contributed by atoms with van der Waals surface area (Å²) in [7, 11) is 4.26. The highest BCUT2D eigenvalue weighted by atomic mass is 16.5. The second-order valence-corrected chi connectivity index (χ2v) is 4.83. The summed E-state index contributed by atoms with van der Waals surface area (Å²) in [5.41, 5.74) is 0. The Kier molecular flexibility index (Phi) is 4.36.